The summed E-state index contributed by atoms with van der Waals surface area (Å²) in [5.74, 6) is -1.15. The van der Waals surface area contributed by atoms with Gasteiger partial charge in [0.1, 0.15) is 0 Å². The molecular weight excluding hydrogens is 301 g/mol. The Kier molecular flexibility index (Phi) is 4.55. The van der Waals surface area contributed by atoms with E-state index in [1.54, 1.807) is 0 Å². The number of piperidine rings is 1. The average molecular weight is 317 g/mol. The van der Waals surface area contributed by atoms with E-state index in [9.17, 15) is 22.9 Å². The van der Waals surface area contributed by atoms with Crippen molar-refractivity contribution < 1.29 is 17.7 Å². The molecule has 0 amide bonds. The first-order chi connectivity index (χ1) is 9.84. The minimum absolute atomic E-state index is 0.158. The van der Waals surface area contributed by atoms with Crippen molar-refractivity contribution >= 4 is 15.7 Å². The van der Waals surface area contributed by atoms with E-state index in [0.717, 1.165) is 25.2 Å². The minimum Gasteiger partial charge on any atom is -0.317 e. The van der Waals surface area contributed by atoms with Crippen LogP contribution < -0.4 is 5.32 Å². The summed E-state index contributed by atoms with van der Waals surface area (Å²) in [6.07, 6.45) is 1.34. The van der Waals surface area contributed by atoms with Crippen LogP contribution in [-0.2, 0) is 10.0 Å². The molecule has 0 spiro atoms. The molecule has 0 unspecified atom stereocenters. The number of hydrogen-bond acceptors (Lipinski definition) is 5. The van der Waals surface area contributed by atoms with E-state index in [0.29, 0.717) is 18.9 Å². The Morgan fingerprint density at radius 2 is 2.00 bits per heavy atom. The molecule has 1 aromatic carbocycles. The molecule has 1 heterocycles. The fourth-order valence-electron chi connectivity index (χ4n) is 2.33. The first-order valence-corrected chi connectivity index (χ1v) is 7.90. The van der Waals surface area contributed by atoms with Crippen molar-refractivity contribution in [3.05, 3.63) is 34.1 Å². The van der Waals surface area contributed by atoms with Crippen molar-refractivity contribution in [2.45, 2.75) is 23.8 Å². The van der Waals surface area contributed by atoms with Crippen LogP contribution in [0, 0.1) is 15.9 Å². The molecule has 1 fully saturated rings. The van der Waals surface area contributed by atoms with E-state index in [1.807, 2.05) is 0 Å². The molecular formula is C12H16FN3O4S. The first kappa shape index (κ1) is 15.8. The maximum atomic E-state index is 13.6. The zero-order valence-electron chi connectivity index (χ0n) is 11.5. The largest absolute Gasteiger partial charge is 0.317 e. The third-order valence-corrected chi connectivity index (χ3v) is 5.52. The number of rotatable bonds is 4. The Morgan fingerprint density at radius 1 is 1.38 bits per heavy atom. The van der Waals surface area contributed by atoms with Crippen molar-refractivity contribution in [2.75, 3.05) is 20.1 Å². The normalized spacial score (nSPS) is 17.1. The van der Waals surface area contributed by atoms with Crippen molar-refractivity contribution in [1.29, 1.82) is 0 Å². The highest BCUT2D eigenvalue weighted by molar-refractivity contribution is 7.89. The predicted octanol–water partition coefficient (Wildman–Crippen LogP) is 1.11. The van der Waals surface area contributed by atoms with Gasteiger partial charge >= 0.3 is 5.69 Å². The van der Waals surface area contributed by atoms with E-state index in [1.165, 1.54) is 11.4 Å². The van der Waals surface area contributed by atoms with Crippen LogP contribution in [0.4, 0.5) is 10.1 Å². The van der Waals surface area contributed by atoms with E-state index in [-0.39, 0.29) is 10.9 Å². The number of halogens is 1. The van der Waals surface area contributed by atoms with Crippen LogP contribution >= 0.6 is 0 Å². The summed E-state index contributed by atoms with van der Waals surface area (Å²) >= 11 is 0. The minimum atomic E-state index is -3.86. The second kappa shape index (κ2) is 6.04. The second-order valence-corrected chi connectivity index (χ2v) is 6.87. The Hall–Kier alpha value is -1.58. The lowest BCUT2D eigenvalue weighted by Crippen LogP contribution is -2.43. The highest BCUT2D eigenvalue weighted by atomic mass is 32.2. The maximum absolute atomic E-state index is 13.6. The molecule has 0 saturated carbocycles. The van der Waals surface area contributed by atoms with Gasteiger partial charge in [-0.2, -0.15) is 8.70 Å². The average Bonchev–Trinajstić information content (AvgIpc) is 2.46. The van der Waals surface area contributed by atoms with Crippen molar-refractivity contribution in [2.24, 2.45) is 0 Å². The standard InChI is InChI=1S/C12H16FN3O4S/c1-15(9-4-6-14-7-5-9)21(19,20)10-2-3-12(16(17)18)11(13)8-10/h2-3,8-9,14H,4-7H2,1H3. The van der Waals surface area contributed by atoms with Gasteiger partial charge in [0.2, 0.25) is 15.8 Å². The Bertz CT molecular complexity index is 644. The number of nitrogens with one attached hydrogen (secondary N) is 1. The summed E-state index contributed by atoms with van der Waals surface area (Å²) in [5.41, 5.74) is -0.738. The lowest BCUT2D eigenvalue weighted by atomic mass is 10.1. The Morgan fingerprint density at radius 3 is 2.52 bits per heavy atom. The van der Waals surface area contributed by atoms with Crippen LogP contribution in [-0.4, -0.2) is 43.8 Å². The molecule has 0 bridgehead atoms. The van der Waals surface area contributed by atoms with Crippen molar-refractivity contribution in [3.8, 4) is 0 Å². The van der Waals surface area contributed by atoms with Crippen LogP contribution in [0.2, 0.25) is 0 Å². The molecule has 0 radical (unpaired) electrons. The molecule has 0 aliphatic carbocycles. The molecule has 1 saturated heterocycles. The number of hydrogen-bond donors (Lipinski definition) is 1. The molecule has 1 aliphatic rings. The highest BCUT2D eigenvalue weighted by Gasteiger charge is 2.30. The summed E-state index contributed by atoms with van der Waals surface area (Å²) in [4.78, 5) is 9.40. The number of nitrogens with zero attached hydrogens (tertiary/aromatic N) is 2. The third kappa shape index (κ3) is 3.20. The number of nitro benzene ring substituents is 1. The van der Waals surface area contributed by atoms with Crippen LogP contribution in [0.25, 0.3) is 0 Å². The van der Waals surface area contributed by atoms with Gasteiger partial charge in [-0.3, -0.25) is 10.1 Å². The summed E-state index contributed by atoms with van der Waals surface area (Å²) in [6.45, 7) is 1.44. The number of sulfonamides is 1. The van der Waals surface area contributed by atoms with Gasteiger partial charge in [-0.15, -0.1) is 0 Å². The van der Waals surface area contributed by atoms with Crippen LogP contribution in [0.3, 0.4) is 0 Å². The molecule has 1 N–H and O–H groups in total. The zero-order valence-corrected chi connectivity index (χ0v) is 12.3. The van der Waals surface area contributed by atoms with Crippen LogP contribution in [0.1, 0.15) is 12.8 Å². The summed E-state index contributed by atoms with van der Waals surface area (Å²) in [7, 11) is -2.41. The number of benzene rings is 1. The van der Waals surface area contributed by atoms with E-state index < -0.39 is 26.5 Å². The molecule has 0 atom stereocenters. The lowest BCUT2D eigenvalue weighted by molar-refractivity contribution is -0.387. The topological polar surface area (TPSA) is 92.6 Å². The predicted molar refractivity (Wildman–Crippen MR) is 73.9 cm³/mol. The maximum Gasteiger partial charge on any atom is 0.304 e. The first-order valence-electron chi connectivity index (χ1n) is 6.46. The molecule has 1 aliphatic heterocycles. The van der Waals surface area contributed by atoms with Gasteiger partial charge in [0.15, 0.2) is 0 Å². The molecule has 9 heteroatoms. The monoisotopic (exact) mass is 317 g/mol. The fourth-order valence-corrected chi connectivity index (χ4v) is 3.76. The lowest BCUT2D eigenvalue weighted by Gasteiger charge is -2.30. The van der Waals surface area contributed by atoms with E-state index >= 15 is 0 Å². The number of nitro groups is 1. The fraction of sp³-hybridized carbons (Fsp3) is 0.500. The highest BCUT2D eigenvalue weighted by Crippen LogP contribution is 2.25. The quantitative estimate of drug-likeness (QED) is 0.663. The molecule has 1 aromatic rings. The van der Waals surface area contributed by atoms with Crippen molar-refractivity contribution in [1.82, 2.24) is 9.62 Å². The smallest absolute Gasteiger partial charge is 0.304 e. The SMILES string of the molecule is CN(C1CCNCC1)S(=O)(=O)c1ccc([N+](=O)[O-])c(F)c1. The summed E-state index contributed by atoms with van der Waals surface area (Å²) < 4.78 is 39.7. The van der Waals surface area contributed by atoms with E-state index in [2.05, 4.69) is 5.32 Å². The molecule has 7 nitrogen and oxygen atoms in total. The van der Waals surface area contributed by atoms with Gasteiger partial charge in [-0.05, 0) is 32.0 Å². The van der Waals surface area contributed by atoms with Crippen LogP contribution in [0.15, 0.2) is 23.1 Å². The van der Waals surface area contributed by atoms with Crippen LogP contribution in [0.5, 0.6) is 0 Å². The van der Waals surface area contributed by atoms with Gasteiger partial charge in [-0.25, -0.2) is 8.42 Å². The summed E-state index contributed by atoms with van der Waals surface area (Å²) in [5, 5.41) is 13.7. The van der Waals surface area contributed by atoms with Gasteiger partial charge in [-0.1, -0.05) is 0 Å². The molecule has 116 valence electrons. The molecule has 2 rings (SSSR count). The van der Waals surface area contributed by atoms with Crippen molar-refractivity contribution in [3.63, 3.8) is 0 Å². The Balaban J connectivity index is 2.30. The van der Waals surface area contributed by atoms with Gasteiger partial charge < -0.3 is 5.32 Å². The Labute approximate surface area is 122 Å². The zero-order chi connectivity index (χ0) is 15.6. The molecule has 0 aromatic heterocycles. The van der Waals surface area contributed by atoms with Gasteiger partial charge in [0.25, 0.3) is 0 Å². The summed E-state index contributed by atoms with van der Waals surface area (Å²) in [6, 6.07) is 2.48. The molecule has 21 heavy (non-hydrogen) atoms. The van der Waals surface area contributed by atoms with Gasteiger partial charge in [0.05, 0.1) is 9.82 Å². The van der Waals surface area contributed by atoms with E-state index in [4.69, 9.17) is 0 Å². The third-order valence-electron chi connectivity index (χ3n) is 3.62. The van der Waals surface area contributed by atoms with Gasteiger partial charge in [0, 0.05) is 25.2 Å². The second-order valence-electron chi connectivity index (χ2n) is 4.87.